The van der Waals surface area contributed by atoms with Gasteiger partial charge in [0.2, 0.25) is 0 Å². The number of methoxy groups -OCH3 is 1. The third-order valence-electron chi connectivity index (χ3n) is 6.73. The Labute approximate surface area is 179 Å². The number of hydrogen-bond donors (Lipinski definition) is 0. The van der Waals surface area contributed by atoms with Crippen molar-refractivity contribution in [3.63, 3.8) is 0 Å². The third kappa shape index (κ3) is 3.48. The molecule has 3 aromatic rings. The number of ether oxygens (including phenoxy) is 2. The quantitative estimate of drug-likeness (QED) is 0.574. The molecule has 0 N–H and O–H groups in total. The molecule has 0 aromatic heterocycles. The van der Waals surface area contributed by atoms with Gasteiger partial charge >= 0.3 is 0 Å². The lowest BCUT2D eigenvalue weighted by Crippen LogP contribution is -2.39. The molecule has 5 rings (SSSR count). The van der Waals surface area contributed by atoms with Gasteiger partial charge in [0.15, 0.2) is 11.5 Å². The lowest BCUT2D eigenvalue weighted by Gasteiger charge is -2.42. The summed E-state index contributed by atoms with van der Waals surface area (Å²) in [5, 5.41) is 0. The second-order valence-corrected chi connectivity index (χ2v) is 8.62. The molecule has 0 radical (unpaired) electrons. The minimum Gasteiger partial charge on any atom is -0.493 e. The van der Waals surface area contributed by atoms with Crippen molar-refractivity contribution in [2.45, 2.75) is 45.9 Å². The molecule has 3 nitrogen and oxygen atoms in total. The predicted molar refractivity (Wildman–Crippen MR) is 120 cm³/mol. The van der Waals surface area contributed by atoms with Crippen LogP contribution in [-0.4, -0.2) is 18.6 Å². The lowest BCUT2D eigenvalue weighted by atomic mass is 9.82. The van der Waals surface area contributed by atoms with Crippen LogP contribution in [0.15, 0.2) is 54.6 Å². The van der Waals surface area contributed by atoms with Crippen LogP contribution < -0.4 is 9.47 Å². The van der Waals surface area contributed by atoms with E-state index < -0.39 is 0 Å². The van der Waals surface area contributed by atoms with Gasteiger partial charge in [0.25, 0.3) is 0 Å². The van der Waals surface area contributed by atoms with E-state index in [9.17, 15) is 0 Å². The number of aryl methyl sites for hydroxylation is 2. The van der Waals surface area contributed by atoms with Crippen LogP contribution in [-0.2, 0) is 26.0 Å². The standard InChI is InChI=1S/C27H29NO2/c1-18-11-21-9-10-28-16-23-15-27(30-17-20-7-5-4-6-8-20)26(29-3)14-22(23)13-25(28)24(21)12-19(18)2/h4-8,11-12,14-15,25H,9-10,13,16-17H2,1-3H3/t25-/m0/s1. The van der Waals surface area contributed by atoms with Crippen molar-refractivity contribution in [1.82, 2.24) is 4.90 Å². The molecule has 0 saturated carbocycles. The fourth-order valence-electron chi connectivity index (χ4n) is 4.89. The van der Waals surface area contributed by atoms with Crippen LogP contribution in [0.25, 0.3) is 0 Å². The smallest absolute Gasteiger partial charge is 0.162 e. The Hall–Kier alpha value is -2.78. The molecule has 30 heavy (non-hydrogen) atoms. The number of nitrogens with zero attached hydrogens (tertiary/aromatic N) is 1. The van der Waals surface area contributed by atoms with Gasteiger partial charge in [-0.05, 0) is 77.8 Å². The van der Waals surface area contributed by atoms with E-state index in [-0.39, 0.29) is 0 Å². The van der Waals surface area contributed by atoms with E-state index in [1.54, 1.807) is 7.11 Å². The summed E-state index contributed by atoms with van der Waals surface area (Å²) in [6.45, 7) is 7.09. The van der Waals surface area contributed by atoms with Crippen LogP contribution in [0.4, 0.5) is 0 Å². The maximum atomic E-state index is 6.16. The van der Waals surface area contributed by atoms with Crippen molar-refractivity contribution < 1.29 is 9.47 Å². The molecule has 2 heterocycles. The molecule has 0 aliphatic carbocycles. The Bertz CT molecular complexity index is 1070. The van der Waals surface area contributed by atoms with Gasteiger partial charge in [-0.25, -0.2) is 0 Å². The van der Waals surface area contributed by atoms with Crippen molar-refractivity contribution in [3.8, 4) is 11.5 Å². The zero-order chi connectivity index (χ0) is 20.7. The maximum Gasteiger partial charge on any atom is 0.162 e. The van der Waals surface area contributed by atoms with Crippen molar-refractivity contribution in [3.05, 3.63) is 93.5 Å². The molecule has 154 valence electrons. The second kappa shape index (κ2) is 7.81. The first-order valence-electron chi connectivity index (χ1n) is 10.8. The normalized spacial score (nSPS) is 17.6. The van der Waals surface area contributed by atoms with Gasteiger partial charge in [-0.2, -0.15) is 0 Å². The fourth-order valence-corrected chi connectivity index (χ4v) is 4.89. The van der Waals surface area contributed by atoms with E-state index in [0.717, 1.165) is 43.0 Å². The van der Waals surface area contributed by atoms with Crippen LogP contribution in [0.5, 0.6) is 11.5 Å². The summed E-state index contributed by atoms with van der Waals surface area (Å²) in [7, 11) is 1.73. The molecular weight excluding hydrogens is 370 g/mol. The highest BCUT2D eigenvalue weighted by atomic mass is 16.5. The molecule has 0 bridgehead atoms. The highest BCUT2D eigenvalue weighted by Crippen LogP contribution is 2.42. The van der Waals surface area contributed by atoms with E-state index in [1.165, 1.54) is 33.4 Å². The fraction of sp³-hybridized carbons (Fsp3) is 0.333. The third-order valence-corrected chi connectivity index (χ3v) is 6.73. The summed E-state index contributed by atoms with van der Waals surface area (Å²) in [5.41, 5.74) is 9.74. The van der Waals surface area contributed by atoms with Gasteiger partial charge in [-0.1, -0.05) is 42.5 Å². The average Bonchev–Trinajstić information content (AvgIpc) is 2.77. The first-order valence-corrected chi connectivity index (χ1v) is 10.8. The van der Waals surface area contributed by atoms with Crippen molar-refractivity contribution in [2.75, 3.05) is 13.7 Å². The Balaban J connectivity index is 1.44. The molecule has 0 spiro atoms. The Morgan fingerprint density at radius 1 is 0.900 bits per heavy atom. The van der Waals surface area contributed by atoms with E-state index in [1.807, 2.05) is 18.2 Å². The van der Waals surface area contributed by atoms with Crippen LogP contribution >= 0.6 is 0 Å². The summed E-state index contributed by atoms with van der Waals surface area (Å²) >= 11 is 0. The molecular formula is C27H29NO2. The second-order valence-electron chi connectivity index (χ2n) is 8.62. The molecule has 0 unspecified atom stereocenters. The topological polar surface area (TPSA) is 21.7 Å². The molecule has 0 amide bonds. The Kier molecular flexibility index (Phi) is 5.00. The van der Waals surface area contributed by atoms with Gasteiger partial charge in [0, 0.05) is 19.1 Å². The number of fused-ring (bicyclic) bond motifs is 4. The zero-order valence-electron chi connectivity index (χ0n) is 18.1. The summed E-state index contributed by atoms with van der Waals surface area (Å²) in [5.74, 6) is 1.66. The summed E-state index contributed by atoms with van der Waals surface area (Å²) in [6.07, 6.45) is 2.16. The zero-order valence-corrected chi connectivity index (χ0v) is 18.1. The highest BCUT2D eigenvalue weighted by molar-refractivity contribution is 5.50. The van der Waals surface area contributed by atoms with Gasteiger partial charge in [-0.15, -0.1) is 0 Å². The largest absolute Gasteiger partial charge is 0.493 e. The van der Waals surface area contributed by atoms with Crippen LogP contribution in [0, 0.1) is 13.8 Å². The van der Waals surface area contributed by atoms with Gasteiger partial charge in [0.1, 0.15) is 6.61 Å². The SMILES string of the molecule is COc1cc2c(cc1OCc1ccccc1)CN1CCc3cc(C)c(C)cc3[C@@H]1C2. The average molecular weight is 400 g/mol. The van der Waals surface area contributed by atoms with Crippen molar-refractivity contribution >= 4 is 0 Å². The first kappa shape index (κ1) is 19.2. The van der Waals surface area contributed by atoms with Crippen LogP contribution in [0.1, 0.15) is 45.0 Å². The maximum absolute atomic E-state index is 6.16. The first-order chi connectivity index (χ1) is 14.6. The highest BCUT2D eigenvalue weighted by Gasteiger charge is 2.33. The predicted octanol–water partition coefficient (Wildman–Crippen LogP) is 5.55. The minimum absolute atomic E-state index is 0.460. The Morgan fingerprint density at radius 3 is 2.47 bits per heavy atom. The van der Waals surface area contributed by atoms with Gasteiger partial charge < -0.3 is 9.47 Å². The van der Waals surface area contributed by atoms with Crippen LogP contribution in [0.2, 0.25) is 0 Å². The summed E-state index contributed by atoms with van der Waals surface area (Å²) < 4.78 is 11.9. The lowest BCUT2D eigenvalue weighted by molar-refractivity contribution is 0.160. The number of benzene rings is 3. The number of rotatable bonds is 4. The molecule has 2 aliphatic rings. The van der Waals surface area contributed by atoms with E-state index in [2.05, 4.69) is 55.1 Å². The van der Waals surface area contributed by atoms with Crippen molar-refractivity contribution in [1.29, 1.82) is 0 Å². The van der Waals surface area contributed by atoms with E-state index in [0.29, 0.717) is 12.6 Å². The van der Waals surface area contributed by atoms with Gasteiger partial charge in [0.05, 0.1) is 7.11 Å². The van der Waals surface area contributed by atoms with Gasteiger partial charge in [-0.3, -0.25) is 4.90 Å². The summed E-state index contributed by atoms with van der Waals surface area (Å²) in [4.78, 5) is 2.63. The Morgan fingerprint density at radius 2 is 1.67 bits per heavy atom. The number of hydrogen-bond acceptors (Lipinski definition) is 3. The minimum atomic E-state index is 0.460. The van der Waals surface area contributed by atoms with Crippen molar-refractivity contribution in [2.24, 2.45) is 0 Å². The monoisotopic (exact) mass is 399 g/mol. The van der Waals surface area contributed by atoms with E-state index in [4.69, 9.17) is 9.47 Å². The molecule has 0 saturated heterocycles. The molecule has 3 heteroatoms. The summed E-state index contributed by atoms with van der Waals surface area (Å²) in [6, 6.07) is 20.0. The van der Waals surface area contributed by atoms with Crippen LogP contribution in [0.3, 0.4) is 0 Å². The molecule has 2 aliphatic heterocycles. The molecule has 3 aromatic carbocycles. The van der Waals surface area contributed by atoms with E-state index >= 15 is 0 Å². The molecule has 0 fully saturated rings. The molecule has 1 atom stereocenters.